The summed E-state index contributed by atoms with van der Waals surface area (Å²) in [5.41, 5.74) is 0. The molecular weight excluding hydrogens is 370 g/mol. The van der Waals surface area contributed by atoms with Crippen LogP contribution < -0.4 is 16.0 Å². The van der Waals surface area contributed by atoms with Gasteiger partial charge in [-0.2, -0.15) is 0 Å². The third-order valence-corrected chi connectivity index (χ3v) is 5.28. The number of hydrogen-bond acceptors (Lipinski definition) is 6. The first-order chi connectivity index (χ1) is 13.0. The van der Waals surface area contributed by atoms with Crippen LogP contribution in [0.4, 0.5) is 0 Å². The minimum Gasteiger partial charge on any atom is -0.454 e. The van der Waals surface area contributed by atoms with Crippen LogP contribution in [0.2, 0.25) is 0 Å². The molecule has 1 aliphatic rings. The Morgan fingerprint density at radius 1 is 1.11 bits per heavy atom. The van der Waals surface area contributed by atoms with E-state index in [9.17, 15) is 19.2 Å². The summed E-state index contributed by atoms with van der Waals surface area (Å²) in [5.74, 6) is -1.49. The molecular formula is C18H25N3O5S. The van der Waals surface area contributed by atoms with Crippen LogP contribution in [0.25, 0.3) is 0 Å². The lowest BCUT2D eigenvalue weighted by Gasteiger charge is -2.29. The van der Waals surface area contributed by atoms with Gasteiger partial charge in [0.1, 0.15) is 6.54 Å². The van der Waals surface area contributed by atoms with Crippen molar-refractivity contribution in [3.05, 3.63) is 22.4 Å². The highest BCUT2D eigenvalue weighted by atomic mass is 32.1. The zero-order valence-electron chi connectivity index (χ0n) is 15.3. The van der Waals surface area contributed by atoms with Crippen molar-refractivity contribution in [2.45, 2.75) is 38.6 Å². The Balaban J connectivity index is 1.57. The molecule has 1 aliphatic carbocycles. The third-order valence-electron chi connectivity index (χ3n) is 4.41. The fourth-order valence-electron chi connectivity index (χ4n) is 2.86. The van der Waals surface area contributed by atoms with E-state index in [-0.39, 0.29) is 37.6 Å². The molecule has 1 fully saturated rings. The number of rotatable bonds is 8. The van der Waals surface area contributed by atoms with Gasteiger partial charge in [-0.15, -0.1) is 11.3 Å². The summed E-state index contributed by atoms with van der Waals surface area (Å²) in [7, 11) is 0. The van der Waals surface area contributed by atoms with E-state index < -0.39 is 11.9 Å². The van der Waals surface area contributed by atoms with Crippen LogP contribution in [0.1, 0.15) is 42.3 Å². The monoisotopic (exact) mass is 395 g/mol. The molecule has 2 rings (SSSR count). The molecule has 3 amide bonds. The van der Waals surface area contributed by atoms with Gasteiger partial charge >= 0.3 is 5.97 Å². The van der Waals surface area contributed by atoms with E-state index in [2.05, 4.69) is 22.9 Å². The molecule has 0 unspecified atom stereocenters. The van der Waals surface area contributed by atoms with Crippen LogP contribution in [-0.2, 0) is 19.1 Å². The first-order valence-electron chi connectivity index (χ1n) is 8.99. The molecule has 1 aromatic heterocycles. The highest BCUT2D eigenvalue weighted by Gasteiger charge is 2.23. The molecule has 1 heterocycles. The summed E-state index contributed by atoms with van der Waals surface area (Å²) in [6.07, 6.45) is 4.29. The van der Waals surface area contributed by atoms with Crippen molar-refractivity contribution in [3.8, 4) is 0 Å². The molecule has 9 heteroatoms. The second-order valence-corrected chi connectivity index (χ2v) is 7.48. The topological polar surface area (TPSA) is 114 Å². The minimum atomic E-state index is -0.709. The molecule has 0 spiro atoms. The molecule has 27 heavy (non-hydrogen) atoms. The lowest BCUT2D eigenvalue weighted by Crippen LogP contribution is -2.43. The number of esters is 1. The van der Waals surface area contributed by atoms with E-state index in [1.807, 2.05) is 0 Å². The van der Waals surface area contributed by atoms with Crippen molar-refractivity contribution in [2.24, 2.45) is 5.92 Å². The van der Waals surface area contributed by atoms with Gasteiger partial charge in [0.25, 0.3) is 11.8 Å². The Hall–Kier alpha value is -2.42. The predicted molar refractivity (Wildman–Crippen MR) is 100 cm³/mol. The standard InChI is InChI=1S/C18H25N3O5S/c1-12-5-2-3-6-13(12)21-16(23)11-26-17(24)10-19-15(22)9-20-18(25)14-7-4-8-27-14/h4,7-8,12-13H,2-3,5-6,9-11H2,1H3,(H,19,22)(H,20,25)(H,21,23)/t12-,13+/m1/s1. The maximum atomic E-state index is 11.9. The summed E-state index contributed by atoms with van der Waals surface area (Å²) in [4.78, 5) is 47.3. The number of carbonyl (C=O) groups excluding carboxylic acids is 4. The Bertz CT molecular complexity index is 662. The van der Waals surface area contributed by atoms with Gasteiger partial charge in [-0.1, -0.05) is 25.8 Å². The Morgan fingerprint density at radius 2 is 1.89 bits per heavy atom. The fraction of sp³-hybridized carbons (Fsp3) is 0.556. The zero-order chi connectivity index (χ0) is 19.6. The van der Waals surface area contributed by atoms with E-state index in [1.165, 1.54) is 17.8 Å². The first kappa shape index (κ1) is 20.9. The number of carbonyl (C=O) groups is 4. The number of hydrogen-bond donors (Lipinski definition) is 3. The quantitative estimate of drug-likeness (QED) is 0.564. The normalized spacial score (nSPS) is 19.0. The van der Waals surface area contributed by atoms with Crippen LogP contribution >= 0.6 is 11.3 Å². The third kappa shape index (κ3) is 7.38. The van der Waals surface area contributed by atoms with Gasteiger partial charge in [0.05, 0.1) is 11.4 Å². The van der Waals surface area contributed by atoms with Crippen molar-refractivity contribution in [2.75, 3.05) is 19.7 Å². The Kier molecular flexibility index (Phi) is 8.25. The van der Waals surface area contributed by atoms with Gasteiger partial charge in [-0.3, -0.25) is 19.2 Å². The van der Waals surface area contributed by atoms with Crippen LogP contribution in [0.5, 0.6) is 0 Å². The summed E-state index contributed by atoms with van der Waals surface area (Å²) in [6, 6.07) is 3.51. The average Bonchev–Trinajstić information content (AvgIpc) is 3.19. The molecule has 8 nitrogen and oxygen atoms in total. The van der Waals surface area contributed by atoms with E-state index >= 15 is 0 Å². The fourth-order valence-corrected chi connectivity index (χ4v) is 3.50. The predicted octanol–water partition coefficient (Wildman–Crippen LogP) is 0.832. The molecule has 1 saturated carbocycles. The van der Waals surface area contributed by atoms with E-state index in [1.54, 1.807) is 17.5 Å². The highest BCUT2D eigenvalue weighted by Crippen LogP contribution is 2.23. The largest absolute Gasteiger partial charge is 0.454 e. The van der Waals surface area contributed by atoms with Gasteiger partial charge in [0, 0.05) is 6.04 Å². The summed E-state index contributed by atoms with van der Waals surface area (Å²) < 4.78 is 4.86. The van der Waals surface area contributed by atoms with Crippen molar-refractivity contribution in [3.63, 3.8) is 0 Å². The van der Waals surface area contributed by atoms with Crippen LogP contribution in [-0.4, -0.2) is 49.4 Å². The molecule has 3 N–H and O–H groups in total. The van der Waals surface area contributed by atoms with E-state index in [0.29, 0.717) is 10.8 Å². The molecule has 1 aromatic rings. The van der Waals surface area contributed by atoms with Gasteiger partial charge in [-0.05, 0) is 30.2 Å². The van der Waals surface area contributed by atoms with Gasteiger partial charge in [0.2, 0.25) is 5.91 Å². The maximum absolute atomic E-state index is 11.9. The molecule has 2 atom stereocenters. The number of ether oxygens (including phenoxy) is 1. The number of nitrogens with one attached hydrogen (secondary N) is 3. The molecule has 0 aliphatic heterocycles. The first-order valence-corrected chi connectivity index (χ1v) is 9.87. The highest BCUT2D eigenvalue weighted by molar-refractivity contribution is 7.12. The lowest BCUT2D eigenvalue weighted by atomic mass is 9.86. The van der Waals surface area contributed by atoms with Crippen molar-refractivity contribution in [1.29, 1.82) is 0 Å². The van der Waals surface area contributed by atoms with Crippen LogP contribution in [0, 0.1) is 5.92 Å². The second kappa shape index (κ2) is 10.7. The number of thiophene rings is 1. The maximum Gasteiger partial charge on any atom is 0.325 e. The van der Waals surface area contributed by atoms with E-state index in [0.717, 1.165) is 19.3 Å². The summed E-state index contributed by atoms with van der Waals surface area (Å²) in [6.45, 7) is 1.13. The smallest absolute Gasteiger partial charge is 0.325 e. The average molecular weight is 395 g/mol. The van der Waals surface area contributed by atoms with Gasteiger partial charge in [0.15, 0.2) is 6.61 Å². The zero-order valence-corrected chi connectivity index (χ0v) is 16.1. The lowest BCUT2D eigenvalue weighted by molar-refractivity contribution is -0.148. The van der Waals surface area contributed by atoms with Crippen molar-refractivity contribution < 1.29 is 23.9 Å². The molecule has 0 radical (unpaired) electrons. The number of amides is 3. The van der Waals surface area contributed by atoms with Crippen molar-refractivity contribution >= 4 is 35.0 Å². The SMILES string of the molecule is C[C@@H]1CCCC[C@@H]1NC(=O)COC(=O)CNC(=O)CNC(=O)c1cccs1. The van der Waals surface area contributed by atoms with Gasteiger partial charge in [-0.25, -0.2) is 0 Å². The Labute approximate surface area is 162 Å². The molecule has 148 valence electrons. The Morgan fingerprint density at radius 3 is 2.59 bits per heavy atom. The van der Waals surface area contributed by atoms with Crippen LogP contribution in [0.15, 0.2) is 17.5 Å². The molecule has 0 aromatic carbocycles. The molecule has 0 saturated heterocycles. The van der Waals surface area contributed by atoms with Crippen molar-refractivity contribution in [1.82, 2.24) is 16.0 Å². The minimum absolute atomic E-state index is 0.122. The second-order valence-electron chi connectivity index (χ2n) is 6.53. The molecule has 0 bridgehead atoms. The van der Waals surface area contributed by atoms with Crippen LogP contribution in [0.3, 0.4) is 0 Å². The summed E-state index contributed by atoms with van der Waals surface area (Å²) in [5, 5.41) is 9.44. The van der Waals surface area contributed by atoms with Gasteiger partial charge < -0.3 is 20.7 Å². The summed E-state index contributed by atoms with van der Waals surface area (Å²) >= 11 is 1.27. The van der Waals surface area contributed by atoms with E-state index in [4.69, 9.17) is 4.74 Å².